The molecular weight excluding hydrogens is 264 g/mol. The van der Waals surface area contributed by atoms with E-state index in [1.54, 1.807) is 12.1 Å². The van der Waals surface area contributed by atoms with E-state index >= 15 is 0 Å². The Hall–Kier alpha value is -1.68. The standard InChI is InChI=1S/C17H24N2O2/c1-19-11-5-6-14(13-19)12-18-17(21)10-9-16(20)15-7-3-2-4-8-15/h2-4,7-8,14H,5-6,9-13H2,1H3,(H,18,21). The number of rotatable bonds is 6. The summed E-state index contributed by atoms with van der Waals surface area (Å²) >= 11 is 0. The van der Waals surface area contributed by atoms with E-state index in [-0.39, 0.29) is 24.5 Å². The van der Waals surface area contributed by atoms with E-state index in [2.05, 4.69) is 17.3 Å². The highest BCUT2D eigenvalue weighted by Crippen LogP contribution is 2.14. The third kappa shape index (κ3) is 5.31. The third-order valence-corrected chi connectivity index (χ3v) is 3.98. The van der Waals surface area contributed by atoms with E-state index < -0.39 is 0 Å². The number of Topliss-reactive ketones (excluding diaryl/α,β-unsaturated/α-hetero) is 1. The van der Waals surface area contributed by atoms with Crippen molar-refractivity contribution in [1.82, 2.24) is 10.2 Å². The zero-order valence-electron chi connectivity index (χ0n) is 12.7. The number of ketones is 1. The fourth-order valence-electron chi connectivity index (χ4n) is 2.78. The number of hydrogen-bond donors (Lipinski definition) is 1. The fraction of sp³-hybridized carbons (Fsp3) is 0.529. The van der Waals surface area contributed by atoms with Crippen LogP contribution in [0.15, 0.2) is 30.3 Å². The van der Waals surface area contributed by atoms with Gasteiger partial charge in [-0.1, -0.05) is 30.3 Å². The summed E-state index contributed by atoms with van der Waals surface area (Å²) in [6, 6.07) is 9.14. The van der Waals surface area contributed by atoms with Gasteiger partial charge in [-0.25, -0.2) is 0 Å². The number of hydrogen-bond acceptors (Lipinski definition) is 3. The molecule has 0 spiro atoms. The fourth-order valence-corrected chi connectivity index (χ4v) is 2.78. The second kappa shape index (κ2) is 7.93. The van der Waals surface area contributed by atoms with Crippen molar-refractivity contribution in [2.24, 2.45) is 5.92 Å². The van der Waals surface area contributed by atoms with Gasteiger partial charge in [0.25, 0.3) is 0 Å². The minimum absolute atomic E-state index is 0.0208. The molecule has 1 aliphatic heterocycles. The molecule has 1 atom stereocenters. The highest BCUT2D eigenvalue weighted by molar-refractivity contribution is 5.97. The van der Waals surface area contributed by atoms with E-state index in [9.17, 15) is 9.59 Å². The maximum Gasteiger partial charge on any atom is 0.220 e. The van der Waals surface area contributed by atoms with Gasteiger partial charge in [-0.15, -0.1) is 0 Å². The highest BCUT2D eigenvalue weighted by Gasteiger charge is 2.17. The summed E-state index contributed by atoms with van der Waals surface area (Å²) in [6.45, 7) is 2.92. The van der Waals surface area contributed by atoms with Crippen LogP contribution in [0.2, 0.25) is 0 Å². The molecule has 1 fully saturated rings. The molecule has 4 nitrogen and oxygen atoms in total. The highest BCUT2D eigenvalue weighted by atomic mass is 16.2. The van der Waals surface area contributed by atoms with Gasteiger partial charge in [0.05, 0.1) is 0 Å². The molecule has 1 saturated heterocycles. The van der Waals surface area contributed by atoms with Crippen molar-refractivity contribution in [3.05, 3.63) is 35.9 Å². The molecule has 1 aromatic carbocycles. The number of likely N-dealkylation sites (tertiary alicyclic amines) is 1. The Bertz CT molecular complexity index is 473. The summed E-state index contributed by atoms with van der Waals surface area (Å²) in [4.78, 5) is 26.0. The lowest BCUT2D eigenvalue weighted by Gasteiger charge is -2.29. The molecule has 1 unspecified atom stereocenters. The Kier molecular flexibility index (Phi) is 5.93. The van der Waals surface area contributed by atoms with Crippen molar-refractivity contribution in [2.75, 3.05) is 26.7 Å². The van der Waals surface area contributed by atoms with E-state index in [0.717, 1.165) is 19.6 Å². The quantitative estimate of drug-likeness (QED) is 0.816. The summed E-state index contributed by atoms with van der Waals surface area (Å²) in [5.74, 6) is 0.549. The van der Waals surface area contributed by atoms with Crippen LogP contribution in [0.25, 0.3) is 0 Å². The molecule has 1 aliphatic rings. The Morgan fingerprint density at radius 3 is 2.71 bits per heavy atom. The molecule has 0 aromatic heterocycles. The van der Waals surface area contributed by atoms with Gasteiger partial charge in [-0.05, 0) is 32.4 Å². The predicted molar refractivity (Wildman–Crippen MR) is 83.2 cm³/mol. The van der Waals surface area contributed by atoms with Crippen molar-refractivity contribution in [3.8, 4) is 0 Å². The van der Waals surface area contributed by atoms with Gasteiger partial charge in [-0.2, -0.15) is 0 Å². The zero-order valence-corrected chi connectivity index (χ0v) is 12.7. The molecule has 1 aromatic rings. The zero-order chi connectivity index (χ0) is 15.1. The lowest BCUT2D eigenvalue weighted by atomic mass is 9.98. The molecule has 1 N–H and O–H groups in total. The molecule has 1 amide bonds. The predicted octanol–water partition coefficient (Wildman–Crippen LogP) is 2.11. The van der Waals surface area contributed by atoms with Crippen molar-refractivity contribution >= 4 is 11.7 Å². The monoisotopic (exact) mass is 288 g/mol. The van der Waals surface area contributed by atoms with E-state index in [1.807, 2.05) is 18.2 Å². The van der Waals surface area contributed by atoms with Crippen LogP contribution in [0.5, 0.6) is 0 Å². The van der Waals surface area contributed by atoms with Gasteiger partial charge in [0.2, 0.25) is 5.91 Å². The van der Waals surface area contributed by atoms with Crippen molar-refractivity contribution in [2.45, 2.75) is 25.7 Å². The van der Waals surface area contributed by atoms with Crippen LogP contribution < -0.4 is 5.32 Å². The molecule has 0 saturated carbocycles. The summed E-state index contributed by atoms with van der Waals surface area (Å²) < 4.78 is 0. The second-order valence-corrected chi connectivity index (χ2v) is 5.86. The molecule has 114 valence electrons. The molecule has 0 aliphatic carbocycles. The first-order valence-corrected chi connectivity index (χ1v) is 7.68. The van der Waals surface area contributed by atoms with E-state index in [1.165, 1.54) is 12.8 Å². The van der Waals surface area contributed by atoms with E-state index in [0.29, 0.717) is 11.5 Å². The number of nitrogens with one attached hydrogen (secondary N) is 1. The number of carbonyl (C=O) groups excluding carboxylic acids is 2. The lowest BCUT2D eigenvalue weighted by molar-refractivity contribution is -0.121. The molecular formula is C17H24N2O2. The number of piperidine rings is 1. The molecule has 1 heterocycles. The van der Waals surface area contributed by atoms with Crippen LogP contribution in [-0.4, -0.2) is 43.3 Å². The largest absolute Gasteiger partial charge is 0.356 e. The maximum absolute atomic E-state index is 11.9. The normalized spacial score (nSPS) is 19.2. The van der Waals surface area contributed by atoms with Gasteiger partial charge in [-0.3, -0.25) is 9.59 Å². The van der Waals surface area contributed by atoms with Gasteiger partial charge in [0.1, 0.15) is 0 Å². The Morgan fingerprint density at radius 1 is 1.24 bits per heavy atom. The Labute approximate surface area is 126 Å². The van der Waals surface area contributed by atoms with Crippen molar-refractivity contribution in [1.29, 1.82) is 0 Å². The summed E-state index contributed by atoms with van der Waals surface area (Å²) in [6.07, 6.45) is 2.92. The summed E-state index contributed by atoms with van der Waals surface area (Å²) in [7, 11) is 2.12. The molecule has 4 heteroatoms. The van der Waals surface area contributed by atoms with Gasteiger partial charge in [0.15, 0.2) is 5.78 Å². The Morgan fingerprint density at radius 2 is 2.00 bits per heavy atom. The average Bonchev–Trinajstić information content (AvgIpc) is 2.51. The summed E-state index contributed by atoms with van der Waals surface area (Å²) in [5, 5.41) is 2.96. The first-order chi connectivity index (χ1) is 10.1. The number of nitrogens with zero attached hydrogens (tertiary/aromatic N) is 1. The lowest BCUT2D eigenvalue weighted by Crippen LogP contribution is -2.39. The number of amides is 1. The molecule has 0 bridgehead atoms. The van der Waals surface area contributed by atoms with Gasteiger partial charge in [0, 0.05) is 31.5 Å². The average molecular weight is 288 g/mol. The van der Waals surface area contributed by atoms with Crippen LogP contribution in [-0.2, 0) is 4.79 Å². The second-order valence-electron chi connectivity index (χ2n) is 5.86. The molecule has 21 heavy (non-hydrogen) atoms. The first kappa shape index (κ1) is 15.7. The molecule has 0 radical (unpaired) electrons. The van der Waals surface area contributed by atoms with Crippen LogP contribution in [0.3, 0.4) is 0 Å². The van der Waals surface area contributed by atoms with Crippen LogP contribution in [0, 0.1) is 5.92 Å². The maximum atomic E-state index is 11.9. The molecule has 2 rings (SSSR count). The SMILES string of the molecule is CN1CCCC(CNC(=O)CCC(=O)c2ccccc2)C1. The third-order valence-electron chi connectivity index (χ3n) is 3.98. The van der Waals surface area contributed by atoms with E-state index in [4.69, 9.17) is 0 Å². The minimum atomic E-state index is -0.0208. The Balaban J connectivity index is 1.67. The van der Waals surface area contributed by atoms with Crippen LogP contribution in [0.1, 0.15) is 36.0 Å². The van der Waals surface area contributed by atoms with Crippen molar-refractivity contribution in [3.63, 3.8) is 0 Å². The van der Waals surface area contributed by atoms with Crippen LogP contribution in [0.4, 0.5) is 0 Å². The first-order valence-electron chi connectivity index (χ1n) is 7.68. The summed E-state index contributed by atoms with van der Waals surface area (Å²) in [5.41, 5.74) is 0.680. The number of carbonyl (C=O) groups is 2. The van der Waals surface area contributed by atoms with Gasteiger partial charge >= 0.3 is 0 Å². The number of benzene rings is 1. The minimum Gasteiger partial charge on any atom is -0.356 e. The topological polar surface area (TPSA) is 49.4 Å². The smallest absolute Gasteiger partial charge is 0.220 e. The van der Waals surface area contributed by atoms with Crippen LogP contribution >= 0.6 is 0 Å². The van der Waals surface area contributed by atoms with Crippen molar-refractivity contribution < 1.29 is 9.59 Å². The van der Waals surface area contributed by atoms with Gasteiger partial charge < -0.3 is 10.2 Å².